The Morgan fingerprint density at radius 2 is 2.00 bits per heavy atom. The molecule has 0 saturated heterocycles. The van der Waals surface area contributed by atoms with Crippen LogP contribution in [-0.2, 0) is 4.74 Å². The van der Waals surface area contributed by atoms with Gasteiger partial charge < -0.3 is 10.5 Å². The summed E-state index contributed by atoms with van der Waals surface area (Å²) >= 11 is 4.89. The van der Waals surface area contributed by atoms with Gasteiger partial charge in [-0.15, -0.1) is 0 Å². The Labute approximate surface area is 92.2 Å². The van der Waals surface area contributed by atoms with E-state index in [1.54, 1.807) is 0 Å². The van der Waals surface area contributed by atoms with Crippen LogP contribution >= 0.6 is 12.2 Å². The maximum Gasteiger partial charge on any atom is 0.105 e. The van der Waals surface area contributed by atoms with Crippen LogP contribution in [0.25, 0.3) is 0 Å². The molecule has 1 fully saturated rings. The number of thiocarbonyl (C=S) groups is 1. The average Bonchev–Trinajstić information content (AvgIpc) is 2.11. The predicted octanol–water partition coefficient (Wildman–Crippen LogP) is 2.50. The molecule has 0 heterocycles. The largest absolute Gasteiger partial charge is 0.391 e. The SMILES string of the molecule is CC(OC1CCC(C)C(C)C1)C(N)=S. The van der Waals surface area contributed by atoms with Crippen LogP contribution in [0.5, 0.6) is 0 Å². The molecule has 1 rings (SSSR count). The van der Waals surface area contributed by atoms with Gasteiger partial charge >= 0.3 is 0 Å². The van der Waals surface area contributed by atoms with Gasteiger partial charge in [0, 0.05) is 0 Å². The first-order chi connectivity index (χ1) is 6.50. The van der Waals surface area contributed by atoms with E-state index < -0.39 is 0 Å². The molecule has 82 valence electrons. The zero-order valence-corrected chi connectivity index (χ0v) is 10.1. The van der Waals surface area contributed by atoms with Gasteiger partial charge in [-0.2, -0.15) is 0 Å². The number of nitrogens with two attached hydrogens (primary N) is 1. The summed E-state index contributed by atoms with van der Waals surface area (Å²) in [5.41, 5.74) is 5.52. The van der Waals surface area contributed by atoms with E-state index in [2.05, 4.69) is 13.8 Å². The number of rotatable bonds is 3. The first-order valence-corrected chi connectivity index (χ1v) is 5.86. The van der Waals surface area contributed by atoms with E-state index in [4.69, 9.17) is 22.7 Å². The monoisotopic (exact) mass is 215 g/mol. The van der Waals surface area contributed by atoms with Gasteiger partial charge in [0.15, 0.2) is 0 Å². The molecule has 0 aromatic heterocycles. The smallest absolute Gasteiger partial charge is 0.105 e. The molecule has 0 spiro atoms. The fourth-order valence-corrected chi connectivity index (χ4v) is 2.03. The third-order valence-electron chi connectivity index (χ3n) is 3.35. The lowest BCUT2D eigenvalue weighted by atomic mass is 9.80. The number of hydrogen-bond acceptors (Lipinski definition) is 2. The molecule has 1 saturated carbocycles. The second-order valence-corrected chi connectivity index (χ2v) is 5.04. The normalized spacial score (nSPS) is 35.2. The van der Waals surface area contributed by atoms with Gasteiger partial charge in [-0.1, -0.05) is 26.1 Å². The first-order valence-electron chi connectivity index (χ1n) is 5.45. The van der Waals surface area contributed by atoms with Crippen molar-refractivity contribution in [2.24, 2.45) is 17.6 Å². The van der Waals surface area contributed by atoms with Gasteiger partial charge in [0.2, 0.25) is 0 Å². The topological polar surface area (TPSA) is 35.2 Å². The highest BCUT2D eigenvalue weighted by atomic mass is 32.1. The Hall–Kier alpha value is -0.150. The van der Waals surface area contributed by atoms with Crippen molar-refractivity contribution in [2.45, 2.75) is 52.2 Å². The van der Waals surface area contributed by atoms with Crippen molar-refractivity contribution in [2.75, 3.05) is 0 Å². The molecule has 0 aromatic carbocycles. The molecule has 1 aliphatic carbocycles. The molecule has 4 unspecified atom stereocenters. The summed E-state index contributed by atoms with van der Waals surface area (Å²) < 4.78 is 5.81. The van der Waals surface area contributed by atoms with Gasteiger partial charge in [-0.05, 0) is 38.0 Å². The summed E-state index contributed by atoms with van der Waals surface area (Å²) in [5, 5.41) is 0. The molecular weight excluding hydrogens is 194 g/mol. The van der Waals surface area contributed by atoms with Gasteiger partial charge in [-0.25, -0.2) is 0 Å². The van der Waals surface area contributed by atoms with E-state index in [1.807, 2.05) is 6.92 Å². The van der Waals surface area contributed by atoms with Crippen molar-refractivity contribution < 1.29 is 4.74 Å². The molecule has 0 radical (unpaired) electrons. The minimum atomic E-state index is -0.0735. The Morgan fingerprint density at radius 1 is 1.36 bits per heavy atom. The quantitative estimate of drug-likeness (QED) is 0.735. The summed E-state index contributed by atoms with van der Waals surface area (Å²) in [6, 6.07) is 0. The van der Waals surface area contributed by atoms with Crippen molar-refractivity contribution >= 4 is 17.2 Å². The molecule has 0 aliphatic heterocycles. The van der Waals surface area contributed by atoms with Gasteiger partial charge in [-0.3, -0.25) is 0 Å². The molecule has 14 heavy (non-hydrogen) atoms. The van der Waals surface area contributed by atoms with E-state index in [0.29, 0.717) is 11.1 Å². The van der Waals surface area contributed by atoms with Crippen LogP contribution in [0.1, 0.15) is 40.0 Å². The highest BCUT2D eigenvalue weighted by Gasteiger charge is 2.26. The summed E-state index contributed by atoms with van der Waals surface area (Å²) in [7, 11) is 0. The van der Waals surface area contributed by atoms with Crippen LogP contribution in [0.15, 0.2) is 0 Å². The van der Waals surface area contributed by atoms with E-state index in [0.717, 1.165) is 24.7 Å². The van der Waals surface area contributed by atoms with E-state index >= 15 is 0 Å². The lowest BCUT2D eigenvalue weighted by molar-refractivity contribution is -0.0126. The van der Waals surface area contributed by atoms with Gasteiger partial charge in [0.1, 0.15) is 11.1 Å². The molecule has 0 amide bonds. The van der Waals surface area contributed by atoms with Crippen LogP contribution in [0.3, 0.4) is 0 Å². The maximum absolute atomic E-state index is 5.81. The average molecular weight is 215 g/mol. The van der Waals surface area contributed by atoms with Crippen LogP contribution in [0, 0.1) is 11.8 Å². The third kappa shape index (κ3) is 3.21. The van der Waals surface area contributed by atoms with E-state index in [1.165, 1.54) is 6.42 Å². The fraction of sp³-hybridized carbons (Fsp3) is 0.909. The van der Waals surface area contributed by atoms with Crippen LogP contribution < -0.4 is 5.73 Å². The highest BCUT2D eigenvalue weighted by Crippen LogP contribution is 2.31. The maximum atomic E-state index is 5.81. The van der Waals surface area contributed by atoms with Crippen molar-refractivity contribution in [3.63, 3.8) is 0 Å². The Balaban J connectivity index is 2.36. The molecular formula is C11H21NOS. The van der Waals surface area contributed by atoms with Crippen LogP contribution in [0.2, 0.25) is 0 Å². The third-order valence-corrected chi connectivity index (χ3v) is 3.68. The zero-order valence-electron chi connectivity index (χ0n) is 9.32. The minimum absolute atomic E-state index is 0.0735. The molecule has 1 aliphatic rings. The number of hydrogen-bond donors (Lipinski definition) is 1. The van der Waals surface area contributed by atoms with E-state index in [-0.39, 0.29) is 6.10 Å². The summed E-state index contributed by atoms with van der Waals surface area (Å²) in [4.78, 5) is 0.469. The first kappa shape index (κ1) is 11.9. The summed E-state index contributed by atoms with van der Waals surface area (Å²) in [6.45, 7) is 6.55. The minimum Gasteiger partial charge on any atom is -0.391 e. The zero-order chi connectivity index (χ0) is 10.7. The van der Waals surface area contributed by atoms with Crippen LogP contribution in [-0.4, -0.2) is 17.2 Å². The molecule has 3 heteroatoms. The summed E-state index contributed by atoms with van der Waals surface area (Å²) in [6.07, 6.45) is 3.84. The Bertz CT molecular complexity index is 207. The highest BCUT2D eigenvalue weighted by molar-refractivity contribution is 7.80. The van der Waals surface area contributed by atoms with Crippen molar-refractivity contribution in [1.82, 2.24) is 0 Å². The van der Waals surface area contributed by atoms with E-state index in [9.17, 15) is 0 Å². The fourth-order valence-electron chi connectivity index (χ4n) is 1.98. The van der Waals surface area contributed by atoms with Crippen molar-refractivity contribution in [3.8, 4) is 0 Å². The van der Waals surface area contributed by atoms with Crippen LogP contribution in [0.4, 0.5) is 0 Å². The van der Waals surface area contributed by atoms with Crippen molar-refractivity contribution in [1.29, 1.82) is 0 Å². The molecule has 2 nitrogen and oxygen atoms in total. The Morgan fingerprint density at radius 3 is 2.50 bits per heavy atom. The van der Waals surface area contributed by atoms with Gasteiger partial charge in [0.25, 0.3) is 0 Å². The molecule has 0 aromatic rings. The molecule has 4 atom stereocenters. The lowest BCUT2D eigenvalue weighted by Gasteiger charge is -2.33. The second-order valence-electron chi connectivity index (χ2n) is 4.57. The van der Waals surface area contributed by atoms with Gasteiger partial charge in [0.05, 0.1) is 6.10 Å². The predicted molar refractivity (Wildman–Crippen MR) is 63.3 cm³/mol. The standard InChI is InChI=1S/C11H21NOS/c1-7-4-5-10(6-8(7)2)13-9(3)11(12)14/h7-10H,4-6H2,1-3H3,(H2,12,14). The Kier molecular flexibility index (Phi) is 4.32. The number of ether oxygens (including phenoxy) is 1. The summed E-state index contributed by atoms with van der Waals surface area (Å²) in [5.74, 6) is 1.59. The lowest BCUT2D eigenvalue weighted by Crippen LogP contribution is -2.34. The molecule has 0 bridgehead atoms. The van der Waals surface area contributed by atoms with Crippen molar-refractivity contribution in [3.05, 3.63) is 0 Å². The molecule has 2 N–H and O–H groups in total. The second kappa shape index (κ2) is 5.08.